The third kappa shape index (κ3) is 3.85. The zero-order valence-corrected chi connectivity index (χ0v) is 17.5. The lowest BCUT2D eigenvalue weighted by Gasteiger charge is -2.19. The Labute approximate surface area is 182 Å². The number of hydrogen-bond donors (Lipinski definition) is 0. The SMILES string of the molecule is Cc1cccc2c(OCc3ccccc3)c3ccccc3c(OCc3ccccc3)c12. The van der Waals surface area contributed by atoms with Crippen LogP contribution in [0.25, 0.3) is 21.5 Å². The molecule has 31 heavy (non-hydrogen) atoms. The van der Waals surface area contributed by atoms with Gasteiger partial charge in [0.2, 0.25) is 0 Å². The molecule has 5 aromatic rings. The summed E-state index contributed by atoms with van der Waals surface area (Å²) >= 11 is 0. The normalized spacial score (nSPS) is 11.0. The number of rotatable bonds is 6. The summed E-state index contributed by atoms with van der Waals surface area (Å²) in [6, 6.07) is 35.3. The van der Waals surface area contributed by atoms with E-state index in [9.17, 15) is 0 Å². The van der Waals surface area contributed by atoms with E-state index < -0.39 is 0 Å². The van der Waals surface area contributed by atoms with Crippen LogP contribution in [0.3, 0.4) is 0 Å². The average molecular weight is 405 g/mol. The molecule has 0 atom stereocenters. The van der Waals surface area contributed by atoms with Crippen molar-refractivity contribution in [3.8, 4) is 11.5 Å². The summed E-state index contributed by atoms with van der Waals surface area (Å²) in [5, 5.41) is 4.33. The van der Waals surface area contributed by atoms with Gasteiger partial charge in [0, 0.05) is 21.5 Å². The minimum atomic E-state index is 0.526. The first-order chi connectivity index (χ1) is 15.3. The second-order valence-corrected chi connectivity index (χ2v) is 7.75. The van der Waals surface area contributed by atoms with Crippen LogP contribution in [0.1, 0.15) is 16.7 Å². The molecule has 0 aliphatic rings. The number of hydrogen-bond acceptors (Lipinski definition) is 2. The molecule has 152 valence electrons. The molecule has 0 amide bonds. The largest absolute Gasteiger partial charge is 0.488 e. The van der Waals surface area contributed by atoms with Crippen LogP contribution in [0.4, 0.5) is 0 Å². The van der Waals surface area contributed by atoms with Crippen molar-refractivity contribution >= 4 is 21.5 Å². The summed E-state index contributed by atoms with van der Waals surface area (Å²) in [4.78, 5) is 0. The smallest absolute Gasteiger partial charge is 0.135 e. The van der Waals surface area contributed by atoms with Gasteiger partial charge in [0.25, 0.3) is 0 Å². The zero-order valence-electron chi connectivity index (χ0n) is 17.5. The lowest BCUT2D eigenvalue weighted by Crippen LogP contribution is -2.01. The van der Waals surface area contributed by atoms with Gasteiger partial charge in [0.1, 0.15) is 24.7 Å². The van der Waals surface area contributed by atoms with Gasteiger partial charge >= 0.3 is 0 Å². The van der Waals surface area contributed by atoms with E-state index in [-0.39, 0.29) is 0 Å². The lowest BCUT2D eigenvalue weighted by molar-refractivity contribution is 0.308. The van der Waals surface area contributed by atoms with Crippen molar-refractivity contribution in [1.29, 1.82) is 0 Å². The second kappa shape index (κ2) is 8.53. The summed E-state index contributed by atoms with van der Waals surface area (Å²) in [6.45, 7) is 3.18. The summed E-state index contributed by atoms with van der Waals surface area (Å²) in [5.74, 6) is 1.82. The fourth-order valence-electron chi connectivity index (χ4n) is 4.08. The third-order valence-electron chi connectivity index (χ3n) is 5.61. The lowest BCUT2D eigenvalue weighted by atomic mass is 9.97. The van der Waals surface area contributed by atoms with Crippen LogP contribution in [-0.2, 0) is 13.2 Å². The Hall–Kier alpha value is -3.78. The molecule has 0 heterocycles. The molecule has 0 saturated heterocycles. The number of aryl methyl sites for hydroxylation is 1. The zero-order chi connectivity index (χ0) is 21.0. The van der Waals surface area contributed by atoms with Gasteiger partial charge < -0.3 is 9.47 Å². The van der Waals surface area contributed by atoms with Gasteiger partial charge in [-0.25, -0.2) is 0 Å². The van der Waals surface area contributed by atoms with Crippen molar-refractivity contribution < 1.29 is 9.47 Å². The Morgan fingerprint density at radius 2 is 0.968 bits per heavy atom. The molecule has 5 rings (SSSR count). The van der Waals surface area contributed by atoms with Crippen molar-refractivity contribution in [3.63, 3.8) is 0 Å². The molecule has 0 saturated carbocycles. The highest BCUT2D eigenvalue weighted by molar-refractivity contribution is 6.12. The molecule has 0 fully saturated rings. The highest BCUT2D eigenvalue weighted by Gasteiger charge is 2.17. The molecule has 0 unspecified atom stereocenters. The van der Waals surface area contributed by atoms with E-state index in [1.165, 1.54) is 5.56 Å². The molecule has 0 bridgehead atoms. The fourth-order valence-corrected chi connectivity index (χ4v) is 4.08. The topological polar surface area (TPSA) is 18.5 Å². The first-order valence-electron chi connectivity index (χ1n) is 10.6. The molecule has 0 aliphatic carbocycles. The molecule has 0 aliphatic heterocycles. The van der Waals surface area contributed by atoms with Gasteiger partial charge in [0.15, 0.2) is 0 Å². The number of fused-ring (bicyclic) bond motifs is 2. The van der Waals surface area contributed by atoms with Crippen LogP contribution >= 0.6 is 0 Å². The standard InChI is InChI=1S/C29H24O2/c1-21-11-10-18-26-27(21)29(31-20-23-14-6-3-7-15-23)25-17-9-8-16-24(25)28(26)30-19-22-12-4-2-5-13-22/h2-18H,19-20H2,1H3. The van der Waals surface area contributed by atoms with Gasteiger partial charge in [-0.2, -0.15) is 0 Å². The highest BCUT2D eigenvalue weighted by Crippen LogP contribution is 2.44. The molecular formula is C29H24O2. The second-order valence-electron chi connectivity index (χ2n) is 7.75. The summed E-state index contributed by atoms with van der Waals surface area (Å²) in [7, 11) is 0. The monoisotopic (exact) mass is 404 g/mol. The van der Waals surface area contributed by atoms with E-state index in [4.69, 9.17) is 9.47 Å². The quantitative estimate of drug-likeness (QED) is 0.273. The van der Waals surface area contributed by atoms with Crippen LogP contribution in [0.15, 0.2) is 103 Å². The number of benzene rings is 5. The van der Waals surface area contributed by atoms with Crippen LogP contribution in [0, 0.1) is 6.92 Å². The van der Waals surface area contributed by atoms with Gasteiger partial charge in [0.05, 0.1) is 0 Å². The Bertz CT molecular complexity index is 1330. The molecule has 0 aromatic heterocycles. The molecule has 2 nitrogen and oxygen atoms in total. The van der Waals surface area contributed by atoms with Crippen molar-refractivity contribution in [1.82, 2.24) is 0 Å². The van der Waals surface area contributed by atoms with Crippen molar-refractivity contribution in [3.05, 3.63) is 120 Å². The Morgan fingerprint density at radius 3 is 1.58 bits per heavy atom. The maximum atomic E-state index is 6.46. The number of ether oxygens (including phenoxy) is 2. The Kier molecular flexibility index (Phi) is 5.28. The van der Waals surface area contributed by atoms with Gasteiger partial charge in [-0.3, -0.25) is 0 Å². The Balaban J connectivity index is 1.65. The van der Waals surface area contributed by atoms with Gasteiger partial charge in [-0.1, -0.05) is 103 Å². The van der Waals surface area contributed by atoms with Crippen LogP contribution in [-0.4, -0.2) is 0 Å². The molecule has 2 heteroatoms. The first-order valence-corrected chi connectivity index (χ1v) is 10.6. The maximum Gasteiger partial charge on any atom is 0.135 e. The molecular weight excluding hydrogens is 380 g/mol. The van der Waals surface area contributed by atoms with Crippen molar-refractivity contribution in [2.24, 2.45) is 0 Å². The van der Waals surface area contributed by atoms with Crippen molar-refractivity contribution in [2.45, 2.75) is 20.1 Å². The van der Waals surface area contributed by atoms with Gasteiger partial charge in [-0.05, 0) is 23.6 Å². The summed E-state index contributed by atoms with van der Waals surface area (Å²) in [6.07, 6.45) is 0. The first kappa shape index (κ1) is 19.2. The predicted octanol–water partition coefficient (Wildman–Crippen LogP) is 7.46. The molecule has 0 spiro atoms. The van der Waals surface area contributed by atoms with Crippen LogP contribution in [0.2, 0.25) is 0 Å². The van der Waals surface area contributed by atoms with E-state index in [1.807, 2.05) is 36.4 Å². The highest BCUT2D eigenvalue weighted by atomic mass is 16.5. The van der Waals surface area contributed by atoms with Crippen molar-refractivity contribution in [2.75, 3.05) is 0 Å². The molecule has 0 N–H and O–H groups in total. The molecule has 5 aromatic carbocycles. The fraction of sp³-hybridized carbons (Fsp3) is 0.103. The van der Waals surface area contributed by atoms with E-state index in [0.717, 1.165) is 44.2 Å². The van der Waals surface area contributed by atoms with E-state index >= 15 is 0 Å². The third-order valence-corrected chi connectivity index (χ3v) is 5.61. The summed E-state index contributed by atoms with van der Waals surface area (Å²) in [5.41, 5.74) is 3.48. The van der Waals surface area contributed by atoms with E-state index in [0.29, 0.717) is 13.2 Å². The summed E-state index contributed by atoms with van der Waals surface area (Å²) < 4.78 is 12.9. The maximum absolute atomic E-state index is 6.46. The van der Waals surface area contributed by atoms with Gasteiger partial charge in [-0.15, -0.1) is 0 Å². The minimum Gasteiger partial charge on any atom is -0.488 e. The predicted molar refractivity (Wildman–Crippen MR) is 128 cm³/mol. The Morgan fingerprint density at radius 1 is 0.484 bits per heavy atom. The van der Waals surface area contributed by atoms with E-state index in [2.05, 4.69) is 73.7 Å². The molecule has 0 radical (unpaired) electrons. The average Bonchev–Trinajstić information content (AvgIpc) is 2.83. The van der Waals surface area contributed by atoms with E-state index in [1.54, 1.807) is 0 Å². The van der Waals surface area contributed by atoms with Crippen LogP contribution in [0.5, 0.6) is 11.5 Å². The minimum absolute atomic E-state index is 0.526. The van der Waals surface area contributed by atoms with Crippen LogP contribution < -0.4 is 9.47 Å².